The highest BCUT2D eigenvalue weighted by molar-refractivity contribution is 6.35. The highest BCUT2D eigenvalue weighted by Gasteiger charge is 2.24. The Morgan fingerprint density at radius 1 is 1.29 bits per heavy atom. The Hall–Kier alpha value is -1.46. The number of carboxylic acids is 1. The largest absolute Gasteiger partial charge is 0.481 e. The predicted molar refractivity (Wildman–Crippen MR) is 82.0 cm³/mol. The number of amides is 2. The van der Waals surface area contributed by atoms with Crippen LogP contribution in [0.2, 0.25) is 10.0 Å². The number of carboxylic acid groups (broad SMARTS) is 1. The fourth-order valence-corrected chi connectivity index (χ4v) is 2.71. The lowest BCUT2D eigenvalue weighted by atomic mass is 9.94. The quantitative estimate of drug-likeness (QED) is 0.887. The summed E-state index contributed by atoms with van der Waals surface area (Å²) in [5.74, 6) is -0.648. The molecule has 0 unspecified atom stereocenters. The smallest absolute Gasteiger partial charge is 0.321 e. The summed E-state index contributed by atoms with van der Waals surface area (Å²) in [7, 11) is 0. The van der Waals surface area contributed by atoms with Gasteiger partial charge in [-0.1, -0.05) is 23.2 Å². The highest BCUT2D eigenvalue weighted by atomic mass is 35.5. The lowest BCUT2D eigenvalue weighted by Gasteiger charge is -2.31. The van der Waals surface area contributed by atoms with Crippen molar-refractivity contribution < 1.29 is 14.7 Å². The van der Waals surface area contributed by atoms with Crippen molar-refractivity contribution >= 4 is 40.9 Å². The predicted octanol–water partition coefficient (Wildman–Crippen LogP) is 3.71. The van der Waals surface area contributed by atoms with E-state index in [4.69, 9.17) is 28.3 Å². The van der Waals surface area contributed by atoms with Gasteiger partial charge in [0.25, 0.3) is 0 Å². The third kappa shape index (κ3) is 4.51. The van der Waals surface area contributed by atoms with Crippen LogP contribution < -0.4 is 5.32 Å². The fraction of sp³-hybridized carbons (Fsp3) is 0.429. The lowest BCUT2D eigenvalue weighted by molar-refractivity contribution is -0.138. The van der Waals surface area contributed by atoms with Crippen LogP contribution in [0.5, 0.6) is 0 Å². The number of carbonyl (C=O) groups excluding carboxylic acids is 1. The summed E-state index contributed by atoms with van der Waals surface area (Å²) in [5.41, 5.74) is 0.474. The number of urea groups is 1. The number of rotatable bonds is 3. The summed E-state index contributed by atoms with van der Waals surface area (Å²) in [6.07, 6.45) is 1.56. The number of piperidine rings is 1. The Morgan fingerprint density at radius 2 is 1.95 bits per heavy atom. The Labute approximate surface area is 132 Å². The number of aliphatic carboxylic acids is 1. The molecule has 0 aromatic heterocycles. The van der Waals surface area contributed by atoms with E-state index in [0.29, 0.717) is 41.7 Å². The summed E-state index contributed by atoms with van der Waals surface area (Å²) in [4.78, 5) is 24.5. The van der Waals surface area contributed by atoms with E-state index in [0.717, 1.165) is 0 Å². The first-order valence-electron chi connectivity index (χ1n) is 6.68. The standard InChI is InChI=1S/C14H16Cl2N2O3/c15-10-1-2-11(16)12(8-10)17-14(21)18-5-3-9(4-6-18)7-13(19)20/h1-2,8-9H,3-7H2,(H,17,21)(H,19,20). The van der Waals surface area contributed by atoms with Gasteiger partial charge in [-0.15, -0.1) is 0 Å². The normalized spacial score (nSPS) is 15.8. The molecule has 0 aliphatic carbocycles. The number of hydrogen-bond donors (Lipinski definition) is 2. The monoisotopic (exact) mass is 330 g/mol. The number of nitrogens with one attached hydrogen (secondary N) is 1. The summed E-state index contributed by atoms with van der Waals surface area (Å²) in [5, 5.41) is 12.4. The molecule has 1 aromatic carbocycles. The maximum atomic E-state index is 12.2. The minimum Gasteiger partial charge on any atom is -0.481 e. The number of halogens is 2. The van der Waals surface area contributed by atoms with E-state index in [9.17, 15) is 9.59 Å². The number of carbonyl (C=O) groups is 2. The van der Waals surface area contributed by atoms with Crippen molar-refractivity contribution in [3.63, 3.8) is 0 Å². The first kappa shape index (κ1) is 15.9. The second-order valence-corrected chi connectivity index (χ2v) is 5.93. The van der Waals surface area contributed by atoms with Crippen molar-refractivity contribution in [2.45, 2.75) is 19.3 Å². The van der Waals surface area contributed by atoms with E-state index in [2.05, 4.69) is 5.32 Å². The molecule has 1 aromatic rings. The molecule has 2 N–H and O–H groups in total. The molecule has 5 nitrogen and oxygen atoms in total. The number of likely N-dealkylation sites (tertiary alicyclic amines) is 1. The molecule has 1 heterocycles. The Kier molecular flexibility index (Phi) is 5.31. The molecular formula is C14H16Cl2N2O3. The molecule has 1 aliphatic rings. The van der Waals surface area contributed by atoms with Crippen LogP contribution in [-0.2, 0) is 4.79 Å². The molecule has 0 atom stereocenters. The molecular weight excluding hydrogens is 315 g/mol. The zero-order valence-electron chi connectivity index (χ0n) is 11.3. The maximum absolute atomic E-state index is 12.2. The van der Waals surface area contributed by atoms with Gasteiger partial charge in [-0.2, -0.15) is 0 Å². The van der Waals surface area contributed by atoms with Gasteiger partial charge in [-0.05, 0) is 37.0 Å². The van der Waals surface area contributed by atoms with E-state index < -0.39 is 5.97 Å². The van der Waals surface area contributed by atoms with Crippen LogP contribution in [0.1, 0.15) is 19.3 Å². The van der Waals surface area contributed by atoms with Crippen molar-refractivity contribution in [3.8, 4) is 0 Å². The molecule has 1 saturated heterocycles. The van der Waals surface area contributed by atoms with Crippen LogP contribution in [0.15, 0.2) is 18.2 Å². The van der Waals surface area contributed by atoms with Crippen molar-refractivity contribution in [2.75, 3.05) is 18.4 Å². The van der Waals surface area contributed by atoms with Gasteiger partial charge >= 0.3 is 12.0 Å². The summed E-state index contributed by atoms with van der Waals surface area (Å²) >= 11 is 11.9. The molecule has 0 saturated carbocycles. The van der Waals surface area contributed by atoms with Gasteiger partial charge in [0.05, 0.1) is 10.7 Å². The molecule has 21 heavy (non-hydrogen) atoms. The Bertz CT molecular complexity index is 543. The molecule has 114 valence electrons. The van der Waals surface area contributed by atoms with Gasteiger partial charge in [0, 0.05) is 24.5 Å². The summed E-state index contributed by atoms with van der Waals surface area (Å²) in [6, 6.07) is 4.63. The second kappa shape index (κ2) is 7.00. The van der Waals surface area contributed by atoms with E-state index in [-0.39, 0.29) is 18.4 Å². The van der Waals surface area contributed by atoms with Gasteiger partial charge in [-0.25, -0.2) is 4.79 Å². The van der Waals surface area contributed by atoms with E-state index in [1.165, 1.54) is 0 Å². The zero-order valence-corrected chi connectivity index (χ0v) is 12.8. The first-order valence-corrected chi connectivity index (χ1v) is 7.44. The molecule has 2 amide bonds. The van der Waals surface area contributed by atoms with Crippen LogP contribution in [0.4, 0.5) is 10.5 Å². The average Bonchev–Trinajstić information content (AvgIpc) is 2.43. The van der Waals surface area contributed by atoms with Crippen LogP contribution in [-0.4, -0.2) is 35.1 Å². The highest BCUT2D eigenvalue weighted by Crippen LogP contribution is 2.26. The van der Waals surface area contributed by atoms with Crippen molar-refractivity contribution in [2.24, 2.45) is 5.92 Å². The Morgan fingerprint density at radius 3 is 2.57 bits per heavy atom. The van der Waals surface area contributed by atoms with Crippen LogP contribution in [0.25, 0.3) is 0 Å². The van der Waals surface area contributed by atoms with E-state index in [1.807, 2.05) is 0 Å². The number of hydrogen-bond acceptors (Lipinski definition) is 2. The van der Waals surface area contributed by atoms with Crippen LogP contribution in [0, 0.1) is 5.92 Å². The number of nitrogens with zero attached hydrogens (tertiary/aromatic N) is 1. The first-order chi connectivity index (χ1) is 9.95. The summed E-state index contributed by atoms with van der Waals surface area (Å²) < 4.78 is 0. The van der Waals surface area contributed by atoms with Gasteiger partial charge < -0.3 is 15.3 Å². The molecule has 7 heteroatoms. The molecule has 1 aliphatic heterocycles. The molecule has 0 radical (unpaired) electrons. The fourth-order valence-electron chi connectivity index (χ4n) is 2.37. The minimum absolute atomic E-state index is 0.140. The van der Waals surface area contributed by atoms with Crippen molar-refractivity contribution in [3.05, 3.63) is 28.2 Å². The SMILES string of the molecule is O=C(O)CC1CCN(C(=O)Nc2cc(Cl)ccc2Cl)CC1. The van der Waals surface area contributed by atoms with Gasteiger partial charge in [-0.3, -0.25) is 4.79 Å². The molecule has 0 spiro atoms. The molecule has 2 rings (SSSR count). The maximum Gasteiger partial charge on any atom is 0.321 e. The molecule has 1 fully saturated rings. The average molecular weight is 331 g/mol. The number of benzene rings is 1. The Balaban J connectivity index is 1.90. The van der Waals surface area contributed by atoms with E-state index in [1.54, 1.807) is 23.1 Å². The van der Waals surface area contributed by atoms with Crippen molar-refractivity contribution in [1.82, 2.24) is 4.90 Å². The van der Waals surface area contributed by atoms with Crippen LogP contribution >= 0.6 is 23.2 Å². The van der Waals surface area contributed by atoms with Gasteiger partial charge in [0.15, 0.2) is 0 Å². The van der Waals surface area contributed by atoms with Crippen molar-refractivity contribution in [1.29, 1.82) is 0 Å². The third-order valence-electron chi connectivity index (χ3n) is 3.54. The lowest BCUT2D eigenvalue weighted by Crippen LogP contribution is -2.41. The van der Waals surface area contributed by atoms with E-state index >= 15 is 0 Å². The topological polar surface area (TPSA) is 69.6 Å². The second-order valence-electron chi connectivity index (χ2n) is 5.08. The van der Waals surface area contributed by atoms with Gasteiger partial charge in [0.1, 0.15) is 0 Å². The van der Waals surface area contributed by atoms with Gasteiger partial charge in [0.2, 0.25) is 0 Å². The number of anilines is 1. The minimum atomic E-state index is -0.788. The third-order valence-corrected chi connectivity index (χ3v) is 4.10. The van der Waals surface area contributed by atoms with Crippen LogP contribution in [0.3, 0.4) is 0 Å². The molecule has 0 bridgehead atoms. The zero-order chi connectivity index (χ0) is 15.4. The summed E-state index contributed by atoms with van der Waals surface area (Å²) in [6.45, 7) is 1.09.